The van der Waals surface area contributed by atoms with Gasteiger partial charge in [0.1, 0.15) is 12.0 Å². The molecule has 3 N–H and O–H groups in total. The molecule has 2 rings (SSSR count). The van der Waals surface area contributed by atoms with E-state index in [1.165, 1.54) is 0 Å². The lowest BCUT2D eigenvalue weighted by atomic mass is 10.4. The summed E-state index contributed by atoms with van der Waals surface area (Å²) in [6.07, 6.45) is 2.63. The number of hydrogen-bond acceptors (Lipinski definition) is 4. The van der Waals surface area contributed by atoms with Crippen molar-refractivity contribution in [2.75, 3.05) is 6.54 Å². The molecule has 7 heteroatoms. The summed E-state index contributed by atoms with van der Waals surface area (Å²) in [6.45, 7) is 3.33. The lowest BCUT2D eigenvalue weighted by Gasteiger charge is -2.01. The molecule has 2 aromatic heterocycles. The first-order valence-electron chi connectivity index (χ1n) is 5.81. The largest absolute Gasteiger partial charge is 0.443 e. The molecule has 19 heavy (non-hydrogen) atoms. The molecular weight excluding hydrogens is 375 g/mol. The highest BCUT2D eigenvalue weighted by atomic mass is 127. The van der Waals surface area contributed by atoms with Crippen LogP contribution in [-0.4, -0.2) is 17.5 Å². The van der Waals surface area contributed by atoms with Crippen molar-refractivity contribution < 1.29 is 4.42 Å². The highest BCUT2D eigenvalue weighted by Crippen LogP contribution is 2.23. The van der Waals surface area contributed by atoms with Gasteiger partial charge in [-0.15, -0.1) is 35.3 Å². The molecule has 104 valence electrons. The van der Waals surface area contributed by atoms with Gasteiger partial charge in [-0.1, -0.05) is 13.0 Å². The van der Waals surface area contributed by atoms with Gasteiger partial charge >= 0.3 is 0 Å². The van der Waals surface area contributed by atoms with Gasteiger partial charge in [-0.2, -0.15) is 0 Å². The molecular formula is C12H17IN4OS. The second-order valence-corrected chi connectivity index (χ2v) is 4.70. The predicted molar refractivity (Wildman–Crippen MR) is 88.9 cm³/mol. The normalized spacial score (nSPS) is 11.1. The molecule has 0 bridgehead atoms. The van der Waals surface area contributed by atoms with Gasteiger partial charge < -0.3 is 15.5 Å². The molecule has 0 saturated carbocycles. The number of thiophene rings is 1. The van der Waals surface area contributed by atoms with Crippen LogP contribution in [0.3, 0.4) is 0 Å². The molecule has 0 atom stereocenters. The second kappa shape index (κ2) is 8.16. The maximum atomic E-state index is 5.69. The van der Waals surface area contributed by atoms with Crippen LogP contribution < -0.4 is 11.1 Å². The third kappa shape index (κ3) is 4.83. The molecule has 0 amide bonds. The van der Waals surface area contributed by atoms with E-state index in [2.05, 4.69) is 22.2 Å². The van der Waals surface area contributed by atoms with E-state index < -0.39 is 0 Å². The third-order valence-electron chi connectivity index (χ3n) is 2.25. The quantitative estimate of drug-likeness (QED) is 0.466. The number of hydrogen-bond donors (Lipinski definition) is 2. The minimum atomic E-state index is 0. The molecule has 0 aliphatic carbocycles. The minimum Gasteiger partial charge on any atom is -0.443 e. The Balaban J connectivity index is 0.00000180. The van der Waals surface area contributed by atoms with Gasteiger partial charge in [0.05, 0.1) is 11.4 Å². The van der Waals surface area contributed by atoms with Gasteiger partial charge in [0.15, 0.2) is 5.96 Å². The van der Waals surface area contributed by atoms with E-state index in [0.29, 0.717) is 18.4 Å². The molecule has 2 heterocycles. The molecule has 0 radical (unpaired) electrons. The highest BCUT2D eigenvalue weighted by molar-refractivity contribution is 14.0. The fourth-order valence-electron chi connectivity index (χ4n) is 1.37. The van der Waals surface area contributed by atoms with Gasteiger partial charge in [0, 0.05) is 6.54 Å². The van der Waals surface area contributed by atoms with E-state index in [-0.39, 0.29) is 24.0 Å². The number of nitrogens with one attached hydrogen (secondary N) is 1. The zero-order valence-corrected chi connectivity index (χ0v) is 13.8. The van der Waals surface area contributed by atoms with Crippen LogP contribution in [0.5, 0.6) is 0 Å². The zero-order chi connectivity index (χ0) is 12.8. The predicted octanol–water partition coefficient (Wildman–Crippen LogP) is 2.84. The molecule has 2 aromatic rings. The van der Waals surface area contributed by atoms with Crippen molar-refractivity contribution in [3.63, 3.8) is 0 Å². The smallest absolute Gasteiger partial charge is 0.236 e. The number of nitrogens with two attached hydrogens (primary N) is 1. The molecule has 0 saturated heterocycles. The number of guanidine groups is 1. The minimum absolute atomic E-state index is 0. The van der Waals surface area contributed by atoms with Crippen LogP contribution in [0.1, 0.15) is 19.0 Å². The summed E-state index contributed by atoms with van der Waals surface area (Å²) in [7, 11) is 0. The number of halogens is 1. The summed E-state index contributed by atoms with van der Waals surface area (Å²) >= 11 is 1.60. The van der Waals surface area contributed by atoms with Crippen LogP contribution in [0.15, 0.2) is 33.2 Å². The summed E-state index contributed by atoms with van der Waals surface area (Å²) in [4.78, 5) is 9.57. The van der Waals surface area contributed by atoms with Gasteiger partial charge in [0.25, 0.3) is 0 Å². The Morgan fingerprint density at radius 1 is 1.58 bits per heavy atom. The van der Waals surface area contributed by atoms with Gasteiger partial charge in [0.2, 0.25) is 5.89 Å². The SMILES string of the molecule is CCCNC(N)=NCc1coc(-c2cccs2)n1.I. The van der Waals surface area contributed by atoms with Crippen LogP contribution in [0.25, 0.3) is 10.8 Å². The molecule has 0 aliphatic heterocycles. The van der Waals surface area contributed by atoms with Crippen molar-refractivity contribution in [1.29, 1.82) is 0 Å². The monoisotopic (exact) mass is 392 g/mol. The van der Waals surface area contributed by atoms with Crippen molar-refractivity contribution in [1.82, 2.24) is 10.3 Å². The first-order chi connectivity index (χ1) is 8.79. The Labute approximate surface area is 133 Å². The third-order valence-corrected chi connectivity index (χ3v) is 3.11. The molecule has 5 nitrogen and oxygen atoms in total. The average Bonchev–Trinajstić information content (AvgIpc) is 3.03. The van der Waals surface area contributed by atoms with Crippen LogP contribution >= 0.6 is 35.3 Å². The lowest BCUT2D eigenvalue weighted by Crippen LogP contribution is -2.32. The number of rotatable bonds is 5. The van der Waals surface area contributed by atoms with E-state index in [9.17, 15) is 0 Å². The lowest BCUT2D eigenvalue weighted by molar-refractivity contribution is 0.574. The first-order valence-corrected chi connectivity index (χ1v) is 6.69. The molecule has 0 spiro atoms. The fraction of sp³-hybridized carbons (Fsp3) is 0.333. The second-order valence-electron chi connectivity index (χ2n) is 3.75. The van der Waals surface area contributed by atoms with Crippen LogP contribution in [-0.2, 0) is 6.54 Å². The number of aromatic nitrogens is 1. The van der Waals surface area contributed by atoms with Crippen molar-refractivity contribution in [3.05, 3.63) is 29.5 Å². The van der Waals surface area contributed by atoms with Gasteiger partial charge in [-0.05, 0) is 17.9 Å². The Bertz CT molecular complexity index is 510. The maximum absolute atomic E-state index is 5.69. The maximum Gasteiger partial charge on any atom is 0.236 e. The molecule has 0 fully saturated rings. The summed E-state index contributed by atoms with van der Waals surface area (Å²) in [6, 6.07) is 3.94. The van der Waals surface area contributed by atoms with Gasteiger partial charge in [-0.3, -0.25) is 0 Å². The van der Waals surface area contributed by atoms with Crippen LogP contribution in [0.2, 0.25) is 0 Å². The van der Waals surface area contributed by atoms with Crippen molar-refractivity contribution >= 4 is 41.3 Å². The summed E-state index contributed by atoms with van der Waals surface area (Å²) in [5.41, 5.74) is 6.47. The number of oxazole rings is 1. The van der Waals surface area contributed by atoms with Crippen molar-refractivity contribution in [2.45, 2.75) is 19.9 Å². The first kappa shape index (κ1) is 16.0. The van der Waals surface area contributed by atoms with E-state index in [1.54, 1.807) is 17.6 Å². The Hall–Kier alpha value is -1.09. The summed E-state index contributed by atoms with van der Waals surface area (Å²) in [5.74, 6) is 1.08. The van der Waals surface area contributed by atoms with Crippen LogP contribution in [0, 0.1) is 0 Å². The van der Waals surface area contributed by atoms with E-state index in [1.807, 2.05) is 17.5 Å². The van der Waals surface area contributed by atoms with Crippen LogP contribution in [0.4, 0.5) is 0 Å². The fourth-order valence-corrected chi connectivity index (χ4v) is 2.02. The summed E-state index contributed by atoms with van der Waals surface area (Å²) < 4.78 is 5.39. The Morgan fingerprint density at radius 2 is 2.42 bits per heavy atom. The van der Waals surface area contributed by atoms with Gasteiger partial charge in [-0.25, -0.2) is 9.98 Å². The molecule has 0 aliphatic rings. The Kier molecular flexibility index (Phi) is 6.85. The van der Waals surface area contributed by atoms with Crippen molar-refractivity contribution in [2.24, 2.45) is 10.7 Å². The number of nitrogens with zero attached hydrogens (tertiary/aromatic N) is 2. The van der Waals surface area contributed by atoms with Crippen molar-refractivity contribution in [3.8, 4) is 10.8 Å². The topological polar surface area (TPSA) is 76.4 Å². The number of aliphatic imine (C=N–C) groups is 1. The average molecular weight is 392 g/mol. The van der Waals surface area contributed by atoms with E-state index >= 15 is 0 Å². The highest BCUT2D eigenvalue weighted by Gasteiger charge is 2.06. The molecule has 0 unspecified atom stereocenters. The summed E-state index contributed by atoms with van der Waals surface area (Å²) in [5, 5.41) is 5.00. The van der Waals surface area contributed by atoms with E-state index in [0.717, 1.165) is 23.5 Å². The molecule has 0 aromatic carbocycles. The standard InChI is InChI=1S/C12H16N4OS.HI/c1-2-5-14-12(13)15-7-9-8-17-11(16-9)10-4-3-6-18-10;/h3-4,6,8H,2,5,7H2,1H3,(H3,13,14,15);1H. The Morgan fingerprint density at radius 3 is 3.11 bits per heavy atom. The zero-order valence-electron chi connectivity index (χ0n) is 10.6. The van der Waals surface area contributed by atoms with E-state index in [4.69, 9.17) is 10.2 Å².